The zero-order chi connectivity index (χ0) is 14.7. The van der Waals surface area contributed by atoms with Crippen molar-refractivity contribution < 1.29 is 9.66 Å². The van der Waals surface area contributed by atoms with Crippen molar-refractivity contribution in [1.82, 2.24) is 0 Å². The maximum Gasteiger partial charge on any atom is 0.273 e. The van der Waals surface area contributed by atoms with Crippen molar-refractivity contribution in [2.75, 3.05) is 0 Å². The Morgan fingerprint density at radius 1 is 1.10 bits per heavy atom. The van der Waals surface area contributed by atoms with E-state index in [0.717, 1.165) is 5.56 Å². The van der Waals surface area contributed by atoms with E-state index in [-0.39, 0.29) is 16.5 Å². The summed E-state index contributed by atoms with van der Waals surface area (Å²) in [4.78, 5) is 10.2. The van der Waals surface area contributed by atoms with Gasteiger partial charge in [-0.25, -0.2) is 0 Å². The van der Waals surface area contributed by atoms with Gasteiger partial charge in [-0.3, -0.25) is 10.1 Å². The predicted molar refractivity (Wildman–Crippen MR) is 82.3 cm³/mol. The fraction of sp³-hybridized carbons (Fsp3) is 0.0769. The molecule has 0 N–H and O–H groups in total. The summed E-state index contributed by atoms with van der Waals surface area (Å²) in [6.45, 7) is 0. The minimum atomic E-state index is -0.515. The average molecular weight is 377 g/mol. The average Bonchev–Trinajstić information content (AvgIpc) is 2.42. The summed E-state index contributed by atoms with van der Waals surface area (Å²) < 4.78 is 5.55. The van der Waals surface area contributed by atoms with E-state index in [2.05, 4.69) is 15.9 Å². The molecule has 0 amide bonds. The van der Waals surface area contributed by atoms with Gasteiger partial charge in [0.15, 0.2) is 5.75 Å². The number of hydrogen-bond acceptors (Lipinski definition) is 3. The maximum absolute atomic E-state index is 10.7. The predicted octanol–water partition coefficient (Wildman–Crippen LogP) is 5.59. The summed E-state index contributed by atoms with van der Waals surface area (Å²) in [5, 5.41) is 12.1. The van der Waals surface area contributed by atoms with Crippen LogP contribution in [0.1, 0.15) is 5.56 Å². The molecule has 0 bridgehead atoms. The van der Waals surface area contributed by atoms with Crippen LogP contribution in [0.2, 0.25) is 10.0 Å². The third-order valence-electron chi connectivity index (χ3n) is 2.50. The van der Waals surface area contributed by atoms with Crippen molar-refractivity contribution in [3.8, 4) is 11.5 Å². The largest absolute Gasteiger partial charge is 0.454 e. The van der Waals surface area contributed by atoms with Gasteiger partial charge in [0.1, 0.15) is 5.75 Å². The molecule has 2 aromatic rings. The highest BCUT2D eigenvalue weighted by Crippen LogP contribution is 2.36. The molecule has 0 aromatic heterocycles. The molecule has 0 saturated heterocycles. The third-order valence-corrected chi connectivity index (χ3v) is 3.75. The second kappa shape index (κ2) is 6.43. The molecule has 104 valence electrons. The number of nitrogens with zero attached hydrogens (tertiary/aromatic N) is 1. The van der Waals surface area contributed by atoms with E-state index < -0.39 is 4.92 Å². The first-order chi connectivity index (χ1) is 9.51. The van der Waals surface area contributed by atoms with Gasteiger partial charge in [-0.2, -0.15) is 0 Å². The first kappa shape index (κ1) is 15.1. The molecule has 4 nitrogen and oxygen atoms in total. The molecule has 7 heteroatoms. The minimum Gasteiger partial charge on any atom is -0.454 e. The summed E-state index contributed by atoms with van der Waals surface area (Å²) in [5.74, 6) is 0.577. The first-order valence-electron chi connectivity index (χ1n) is 5.47. The lowest BCUT2D eigenvalue weighted by molar-refractivity contribution is -0.384. The highest BCUT2D eigenvalue weighted by Gasteiger charge is 2.13. The molecule has 0 aliphatic rings. The van der Waals surface area contributed by atoms with E-state index in [1.807, 2.05) is 6.07 Å². The van der Waals surface area contributed by atoms with Crippen molar-refractivity contribution in [2.24, 2.45) is 0 Å². The molecule has 0 heterocycles. The lowest BCUT2D eigenvalue weighted by Crippen LogP contribution is -1.91. The second-order valence-corrected chi connectivity index (χ2v) is 5.25. The highest BCUT2D eigenvalue weighted by atomic mass is 79.9. The highest BCUT2D eigenvalue weighted by molar-refractivity contribution is 9.08. The molecule has 2 aromatic carbocycles. The van der Waals surface area contributed by atoms with Crippen LogP contribution in [0.15, 0.2) is 36.4 Å². The van der Waals surface area contributed by atoms with Crippen molar-refractivity contribution in [3.63, 3.8) is 0 Å². The van der Waals surface area contributed by atoms with Crippen LogP contribution in [0, 0.1) is 10.1 Å². The van der Waals surface area contributed by atoms with Crippen LogP contribution in [0.25, 0.3) is 0 Å². The Balaban J connectivity index is 2.34. The number of hydrogen-bond donors (Lipinski definition) is 0. The summed E-state index contributed by atoms with van der Waals surface area (Å²) in [6.07, 6.45) is 0. The third kappa shape index (κ3) is 3.42. The van der Waals surface area contributed by atoms with Gasteiger partial charge < -0.3 is 4.74 Å². The normalized spacial score (nSPS) is 10.3. The molecule has 0 fully saturated rings. The molecule has 0 unspecified atom stereocenters. The monoisotopic (exact) mass is 375 g/mol. The van der Waals surface area contributed by atoms with Crippen molar-refractivity contribution >= 4 is 44.8 Å². The van der Waals surface area contributed by atoms with Gasteiger partial charge in [-0.05, 0) is 23.8 Å². The number of ether oxygens (including phenoxy) is 1. The number of rotatable bonds is 4. The summed E-state index contributed by atoms with van der Waals surface area (Å²) in [6, 6.07) is 9.25. The summed E-state index contributed by atoms with van der Waals surface area (Å²) in [7, 11) is 0. The van der Waals surface area contributed by atoms with Gasteiger partial charge in [-0.1, -0.05) is 45.2 Å². The second-order valence-electron chi connectivity index (χ2n) is 3.87. The van der Waals surface area contributed by atoms with E-state index in [1.165, 1.54) is 18.2 Å². The molecule has 0 saturated carbocycles. The van der Waals surface area contributed by atoms with Gasteiger partial charge in [0.2, 0.25) is 0 Å². The Hall–Kier alpha value is -1.30. The molecule has 0 atom stereocenters. The van der Waals surface area contributed by atoms with Crippen LogP contribution in [-0.4, -0.2) is 4.92 Å². The molecule has 20 heavy (non-hydrogen) atoms. The SMILES string of the molecule is O=[N+]([O-])c1ccc(Cl)c(Oc2ccc(CBr)cc2Cl)c1. The number of nitro groups is 1. The smallest absolute Gasteiger partial charge is 0.273 e. The van der Waals surface area contributed by atoms with E-state index >= 15 is 0 Å². The minimum absolute atomic E-state index is 0.0994. The van der Waals surface area contributed by atoms with Crippen LogP contribution in [0.3, 0.4) is 0 Å². The Morgan fingerprint density at radius 3 is 2.45 bits per heavy atom. The van der Waals surface area contributed by atoms with E-state index in [4.69, 9.17) is 27.9 Å². The quantitative estimate of drug-likeness (QED) is 0.397. The Kier molecular flexibility index (Phi) is 4.86. The summed E-state index contributed by atoms with van der Waals surface area (Å²) >= 11 is 15.4. The maximum atomic E-state index is 10.7. The zero-order valence-electron chi connectivity index (χ0n) is 9.98. The molecule has 2 rings (SSSR count). The molecule has 0 spiro atoms. The molecular weight excluding hydrogens is 369 g/mol. The molecule has 0 aliphatic carbocycles. The van der Waals surface area contributed by atoms with Crippen LogP contribution >= 0.6 is 39.1 Å². The van der Waals surface area contributed by atoms with Gasteiger partial charge in [0.05, 0.1) is 21.0 Å². The lowest BCUT2D eigenvalue weighted by Gasteiger charge is -2.09. The molecule has 0 radical (unpaired) electrons. The van der Waals surface area contributed by atoms with Gasteiger partial charge in [-0.15, -0.1) is 0 Å². The van der Waals surface area contributed by atoms with Crippen LogP contribution in [-0.2, 0) is 5.33 Å². The topological polar surface area (TPSA) is 52.4 Å². The first-order valence-corrected chi connectivity index (χ1v) is 7.35. The van der Waals surface area contributed by atoms with Gasteiger partial charge >= 0.3 is 0 Å². The molecule has 0 aliphatic heterocycles. The van der Waals surface area contributed by atoms with Crippen LogP contribution in [0.5, 0.6) is 11.5 Å². The zero-order valence-corrected chi connectivity index (χ0v) is 13.1. The van der Waals surface area contributed by atoms with Gasteiger partial charge in [0.25, 0.3) is 5.69 Å². The van der Waals surface area contributed by atoms with Crippen molar-refractivity contribution in [2.45, 2.75) is 5.33 Å². The van der Waals surface area contributed by atoms with E-state index in [0.29, 0.717) is 16.1 Å². The standard InChI is InChI=1S/C13H8BrCl2NO3/c14-7-8-1-4-12(11(16)5-8)20-13-6-9(17(18)19)2-3-10(13)15/h1-6H,7H2. The Bertz CT molecular complexity index is 664. The number of halogens is 3. The Morgan fingerprint density at radius 2 is 1.85 bits per heavy atom. The number of nitro benzene ring substituents is 1. The molecular formula is C13H8BrCl2NO3. The fourth-order valence-corrected chi connectivity index (χ4v) is 2.26. The fourth-order valence-electron chi connectivity index (χ4n) is 1.51. The number of alkyl halides is 1. The lowest BCUT2D eigenvalue weighted by atomic mass is 10.2. The summed E-state index contributed by atoms with van der Waals surface area (Å²) in [5.41, 5.74) is 0.894. The Labute approximate surface area is 133 Å². The number of benzene rings is 2. The van der Waals surface area contributed by atoms with Crippen molar-refractivity contribution in [3.05, 3.63) is 62.1 Å². The number of non-ortho nitro benzene ring substituents is 1. The van der Waals surface area contributed by atoms with Gasteiger partial charge in [0, 0.05) is 11.4 Å². The van der Waals surface area contributed by atoms with Crippen LogP contribution in [0.4, 0.5) is 5.69 Å². The van der Waals surface area contributed by atoms with Crippen molar-refractivity contribution in [1.29, 1.82) is 0 Å². The van der Waals surface area contributed by atoms with E-state index in [9.17, 15) is 10.1 Å². The van der Waals surface area contributed by atoms with Crippen LogP contribution < -0.4 is 4.74 Å². The van der Waals surface area contributed by atoms with E-state index in [1.54, 1.807) is 12.1 Å².